The van der Waals surface area contributed by atoms with Crippen LogP contribution in [0.1, 0.15) is 23.3 Å². The van der Waals surface area contributed by atoms with Crippen LogP contribution in [0.25, 0.3) is 0 Å². The molecule has 2 heterocycles. The van der Waals surface area contributed by atoms with Gasteiger partial charge < -0.3 is 26.2 Å². The normalized spacial score (nSPS) is 16.6. The molecule has 4 N–H and O–H groups in total. The standard InChI is InChI=1S/C18H22N8O2/c19-16(28)15-17(20-12-1-2-12)22-18(24-23-15)21-13-3-5-14(6-4-13)26-9-7-25(11-27)8-10-26/h3-6,11-12H,1-2,7-10H2,(H2,19,28)(H2,20,21,22,24). The molecule has 146 valence electrons. The van der Waals surface area contributed by atoms with Crippen molar-refractivity contribution in [1.82, 2.24) is 20.1 Å². The number of carbonyl (C=O) groups is 2. The molecule has 2 aliphatic rings. The summed E-state index contributed by atoms with van der Waals surface area (Å²) in [5, 5.41) is 14.1. The number of piperazine rings is 1. The molecule has 28 heavy (non-hydrogen) atoms. The second kappa shape index (κ2) is 7.67. The van der Waals surface area contributed by atoms with Crippen LogP contribution in [0.5, 0.6) is 0 Å². The molecule has 2 amide bonds. The maximum absolute atomic E-state index is 11.5. The van der Waals surface area contributed by atoms with Crippen molar-refractivity contribution in [3.63, 3.8) is 0 Å². The van der Waals surface area contributed by atoms with Crippen molar-refractivity contribution in [3.05, 3.63) is 30.0 Å². The van der Waals surface area contributed by atoms with E-state index in [0.29, 0.717) is 17.8 Å². The minimum absolute atomic E-state index is 0.0438. The van der Waals surface area contributed by atoms with Crippen LogP contribution in [0.4, 0.5) is 23.1 Å². The maximum Gasteiger partial charge on any atom is 0.273 e. The third-order valence-electron chi connectivity index (χ3n) is 4.79. The summed E-state index contributed by atoms with van der Waals surface area (Å²) >= 11 is 0. The van der Waals surface area contributed by atoms with Crippen LogP contribution >= 0.6 is 0 Å². The number of primary amides is 1. The number of anilines is 4. The molecule has 1 saturated carbocycles. The Balaban J connectivity index is 1.44. The molecule has 1 aliphatic carbocycles. The Morgan fingerprint density at radius 2 is 1.82 bits per heavy atom. The number of aromatic nitrogens is 3. The minimum atomic E-state index is -0.659. The number of amides is 2. The second-order valence-electron chi connectivity index (χ2n) is 6.92. The summed E-state index contributed by atoms with van der Waals surface area (Å²) in [4.78, 5) is 30.7. The first-order chi connectivity index (χ1) is 13.6. The van der Waals surface area contributed by atoms with E-state index >= 15 is 0 Å². The topological polar surface area (TPSA) is 129 Å². The molecule has 0 bridgehead atoms. The molecule has 2 aromatic rings. The Hall–Kier alpha value is -3.43. The van der Waals surface area contributed by atoms with Crippen LogP contribution in [0.15, 0.2) is 24.3 Å². The summed E-state index contributed by atoms with van der Waals surface area (Å²) in [6, 6.07) is 8.18. The van der Waals surface area contributed by atoms with Crippen LogP contribution in [0.3, 0.4) is 0 Å². The van der Waals surface area contributed by atoms with Gasteiger partial charge in [-0.05, 0) is 37.1 Å². The van der Waals surface area contributed by atoms with Gasteiger partial charge in [-0.2, -0.15) is 4.98 Å². The summed E-state index contributed by atoms with van der Waals surface area (Å²) in [5.41, 5.74) is 7.29. The van der Waals surface area contributed by atoms with Gasteiger partial charge in [0, 0.05) is 43.6 Å². The summed E-state index contributed by atoms with van der Waals surface area (Å²) < 4.78 is 0. The largest absolute Gasteiger partial charge is 0.368 e. The Labute approximate surface area is 162 Å². The number of hydrogen-bond donors (Lipinski definition) is 3. The fourth-order valence-corrected chi connectivity index (χ4v) is 3.04. The highest BCUT2D eigenvalue weighted by molar-refractivity contribution is 5.95. The van der Waals surface area contributed by atoms with E-state index < -0.39 is 5.91 Å². The average molecular weight is 382 g/mol. The van der Waals surface area contributed by atoms with Crippen molar-refractivity contribution in [2.24, 2.45) is 5.73 Å². The molecule has 1 saturated heterocycles. The van der Waals surface area contributed by atoms with Crippen LogP contribution in [0.2, 0.25) is 0 Å². The second-order valence-corrected chi connectivity index (χ2v) is 6.92. The summed E-state index contributed by atoms with van der Waals surface area (Å²) in [5.74, 6) is -0.00797. The number of carbonyl (C=O) groups excluding carboxylic acids is 2. The van der Waals surface area contributed by atoms with Gasteiger partial charge in [0.2, 0.25) is 12.4 Å². The third kappa shape index (κ3) is 4.11. The van der Waals surface area contributed by atoms with E-state index in [0.717, 1.165) is 56.8 Å². The van der Waals surface area contributed by atoms with Gasteiger partial charge in [0.1, 0.15) is 0 Å². The molecule has 1 aliphatic heterocycles. The highest BCUT2D eigenvalue weighted by atomic mass is 16.1. The predicted octanol–water partition coefficient (Wildman–Crippen LogP) is 0.567. The Morgan fingerprint density at radius 1 is 1.11 bits per heavy atom. The van der Waals surface area contributed by atoms with Gasteiger partial charge in [-0.3, -0.25) is 9.59 Å². The van der Waals surface area contributed by atoms with Crippen molar-refractivity contribution < 1.29 is 9.59 Å². The maximum atomic E-state index is 11.5. The molecule has 2 fully saturated rings. The predicted molar refractivity (Wildman–Crippen MR) is 105 cm³/mol. The zero-order chi connectivity index (χ0) is 19.5. The van der Waals surface area contributed by atoms with Gasteiger partial charge in [-0.1, -0.05) is 0 Å². The van der Waals surface area contributed by atoms with Crippen molar-refractivity contribution in [1.29, 1.82) is 0 Å². The number of nitrogens with one attached hydrogen (secondary N) is 2. The first-order valence-electron chi connectivity index (χ1n) is 9.25. The number of rotatable bonds is 7. The molecular weight excluding hydrogens is 360 g/mol. The number of benzene rings is 1. The summed E-state index contributed by atoms with van der Waals surface area (Å²) in [7, 11) is 0. The van der Waals surface area contributed by atoms with Crippen LogP contribution in [0, 0.1) is 0 Å². The quantitative estimate of drug-likeness (QED) is 0.593. The van der Waals surface area contributed by atoms with E-state index in [9.17, 15) is 9.59 Å². The lowest BCUT2D eigenvalue weighted by Gasteiger charge is -2.34. The lowest BCUT2D eigenvalue weighted by atomic mass is 10.2. The monoisotopic (exact) mass is 382 g/mol. The lowest BCUT2D eigenvalue weighted by molar-refractivity contribution is -0.118. The molecule has 1 aromatic heterocycles. The molecule has 0 unspecified atom stereocenters. The Morgan fingerprint density at radius 3 is 2.43 bits per heavy atom. The molecule has 1 aromatic carbocycles. The molecular formula is C18H22N8O2. The molecule has 0 spiro atoms. The van der Waals surface area contributed by atoms with Crippen LogP contribution in [-0.4, -0.2) is 64.6 Å². The minimum Gasteiger partial charge on any atom is -0.368 e. The SMILES string of the molecule is NC(=O)c1nnc(Nc2ccc(N3CCN(C=O)CC3)cc2)nc1NC1CC1. The zero-order valence-electron chi connectivity index (χ0n) is 15.3. The van der Waals surface area contributed by atoms with Crippen molar-refractivity contribution in [2.45, 2.75) is 18.9 Å². The van der Waals surface area contributed by atoms with Gasteiger partial charge in [-0.15, -0.1) is 10.2 Å². The fraction of sp³-hybridized carbons (Fsp3) is 0.389. The van der Waals surface area contributed by atoms with E-state index in [2.05, 4.69) is 30.7 Å². The van der Waals surface area contributed by atoms with Crippen molar-refractivity contribution >= 4 is 35.5 Å². The van der Waals surface area contributed by atoms with Crippen molar-refractivity contribution in [2.75, 3.05) is 41.7 Å². The van der Waals surface area contributed by atoms with Gasteiger partial charge >= 0.3 is 0 Å². The van der Waals surface area contributed by atoms with E-state index in [1.54, 1.807) is 4.90 Å². The highest BCUT2D eigenvalue weighted by Crippen LogP contribution is 2.26. The molecule has 10 nitrogen and oxygen atoms in total. The van der Waals surface area contributed by atoms with E-state index in [1.807, 2.05) is 24.3 Å². The lowest BCUT2D eigenvalue weighted by Crippen LogP contribution is -2.45. The summed E-state index contributed by atoms with van der Waals surface area (Å²) in [6.45, 7) is 3.07. The van der Waals surface area contributed by atoms with E-state index in [1.165, 1.54) is 0 Å². The first-order valence-corrected chi connectivity index (χ1v) is 9.25. The first kappa shape index (κ1) is 18.0. The zero-order valence-corrected chi connectivity index (χ0v) is 15.3. The summed E-state index contributed by atoms with van der Waals surface area (Å²) in [6.07, 6.45) is 2.97. The molecule has 4 rings (SSSR count). The van der Waals surface area contributed by atoms with E-state index in [4.69, 9.17) is 5.73 Å². The van der Waals surface area contributed by atoms with Crippen LogP contribution < -0.4 is 21.3 Å². The van der Waals surface area contributed by atoms with Gasteiger partial charge in [0.05, 0.1) is 0 Å². The van der Waals surface area contributed by atoms with Gasteiger partial charge in [0.15, 0.2) is 11.5 Å². The third-order valence-corrected chi connectivity index (χ3v) is 4.79. The highest BCUT2D eigenvalue weighted by Gasteiger charge is 2.25. The molecule has 0 radical (unpaired) electrons. The van der Waals surface area contributed by atoms with E-state index in [-0.39, 0.29) is 5.69 Å². The van der Waals surface area contributed by atoms with Crippen LogP contribution in [-0.2, 0) is 4.79 Å². The number of nitrogens with two attached hydrogens (primary N) is 1. The Kier molecular flexibility index (Phi) is 4.92. The smallest absolute Gasteiger partial charge is 0.273 e. The molecule has 0 atom stereocenters. The number of nitrogens with zero attached hydrogens (tertiary/aromatic N) is 5. The molecule has 10 heteroatoms. The van der Waals surface area contributed by atoms with Crippen molar-refractivity contribution in [3.8, 4) is 0 Å². The number of hydrogen-bond acceptors (Lipinski definition) is 8. The fourth-order valence-electron chi connectivity index (χ4n) is 3.04. The van der Waals surface area contributed by atoms with Gasteiger partial charge in [0.25, 0.3) is 5.91 Å². The average Bonchev–Trinajstić information content (AvgIpc) is 3.53. The Bertz CT molecular complexity index is 860. The van der Waals surface area contributed by atoms with Gasteiger partial charge in [-0.25, -0.2) is 0 Å².